The van der Waals surface area contributed by atoms with E-state index in [1.807, 2.05) is 49.4 Å². The Kier molecular flexibility index (Phi) is 4.52. The molecular weight excluding hydrogens is 351 g/mol. The van der Waals surface area contributed by atoms with Crippen LogP contribution in [0, 0.1) is 10.5 Å². The molecule has 0 fully saturated rings. The van der Waals surface area contributed by atoms with Gasteiger partial charge in [-0.05, 0) is 53.8 Å². The maximum Gasteiger partial charge on any atom is 0.255 e. The van der Waals surface area contributed by atoms with E-state index in [9.17, 15) is 4.79 Å². The van der Waals surface area contributed by atoms with Crippen LogP contribution in [0.25, 0.3) is 0 Å². The topological polar surface area (TPSA) is 33.2 Å². The summed E-state index contributed by atoms with van der Waals surface area (Å²) < 4.78 is 0.967. The Hall–Kier alpha value is -1.43. The fourth-order valence-corrected chi connectivity index (χ4v) is 2.46. The molecule has 0 atom stereocenters. The van der Waals surface area contributed by atoms with Gasteiger partial charge in [0.25, 0.3) is 5.91 Å². The van der Waals surface area contributed by atoms with Gasteiger partial charge in [-0.2, -0.15) is 0 Å². The normalized spacial score (nSPS) is 10.3. The fraction of sp³-hybridized carbons (Fsp3) is 0.200. The molecule has 4 heteroatoms. The number of pyridine rings is 1. The van der Waals surface area contributed by atoms with E-state index < -0.39 is 0 Å². The van der Waals surface area contributed by atoms with Crippen molar-refractivity contribution in [2.24, 2.45) is 0 Å². The van der Waals surface area contributed by atoms with Gasteiger partial charge in [0.2, 0.25) is 0 Å². The molecule has 1 aromatic heterocycles. The Bertz CT molecular complexity index is 598. The molecule has 0 radical (unpaired) electrons. The number of carbonyl (C=O) groups is 1. The molecular formula is C15H15IN2O. The number of rotatable bonds is 3. The van der Waals surface area contributed by atoms with Crippen molar-refractivity contribution in [2.75, 3.05) is 7.05 Å². The maximum absolute atomic E-state index is 12.3. The first kappa shape index (κ1) is 14.0. The van der Waals surface area contributed by atoms with E-state index in [-0.39, 0.29) is 5.91 Å². The Morgan fingerprint density at radius 1 is 1.21 bits per heavy atom. The highest BCUT2D eigenvalue weighted by Gasteiger charge is 2.14. The highest BCUT2D eigenvalue weighted by atomic mass is 127. The molecule has 1 heterocycles. The molecule has 1 aromatic carbocycles. The SMILES string of the molecule is Cc1cccc(CN(C)C(=O)c2ccccc2I)n1. The largest absolute Gasteiger partial charge is 0.336 e. The highest BCUT2D eigenvalue weighted by molar-refractivity contribution is 14.1. The van der Waals surface area contributed by atoms with Gasteiger partial charge in [0.15, 0.2) is 0 Å². The first-order valence-corrected chi connectivity index (χ1v) is 7.08. The predicted molar refractivity (Wildman–Crippen MR) is 83.9 cm³/mol. The lowest BCUT2D eigenvalue weighted by Gasteiger charge is -2.17. The zero-order valence-electron chi connectivity index (χ0n) is 10.9. The average Bonchev–Trinajstić information content (AvgIpc) is 2.38. The molecule has 0 aliphatic rings. The summed E-state index contributed by atoms with van der Waals surface area (Å²) in [5.41, 5.74) is 2.60. The lowest BCUT2D eigenvalue weighted by Crippen LogP contribution is -2.27. The molecule has 0 aliphatic heterocycles. The van der Waals surface area contributed by atoms with Gasteiger partial charge in [-0.1, -0.05) is 18.2 Å². The molecule has 3 nitrogen and oxygen atoms in total. The number of hydrogen-bond donors (Lipinski definition) is 0. The van der Waals surface area contributed by atoms with Crippen molar-refractivity contribution in [3.05, 3.63) is 63.0 Å². The summed E-state index contributed by atoms with van der Waals surface area (Å²) in [7, 11) is 1.80. The van der Waals surface area contributed by atoms with Crippen LogP contribution in [0.3, 0.4) is 0 Å². The third-order valence-corrected chi connectivity index (χ3v) is 3.74. The van der Waals surface area contributed by atoms with Crippen molar-refractivity contribution in [1.82, 2.24) is 9.88 Å². The van der Waals surface area contributed by atoms with E-state index in [4.69, 9.17) is 0 Å². The molecule has 0 N–H and O–H groups in total. The average molecular weight is 366 g/mol. The minimum absolute atomic E-state index is 0.0216. The zero-order chi connectivity index (χ0) is 13.8. The van der Waals surface area contributed by atoms with E-state index in [2.05, 4.69) is 27.6 Å². The van der Waals surface area contributed by atoms with Gasteiger partial charge in [0.05, 0.1) is 17.8 Å². The summed E-state index contributed by atoms with van der Waals surface area (Å²) in [4.78, 5) is 18.5. The van der Waals surface area contributed by atoms with Gasteiger partial charge in [0, 0.05) is 16.3 Å². The van der Waals surface area contributed by atoms with Crippen molar-refractivity contribution in [3.8, 4) is 0 Å². The molecule has 0 unspecified atom stereocenters. The highest BCUT2D eigenvalue weighted by Crippen LogP contribution is 2.14. The Morgan fingerprint density at radius 2 is 1.95 bits per heavy atom. The van der Waals surface area contributed by atoms with Crippen LogP contribution in [0.2, 0.25) is 0 Å². The van der Waals surface area contributed by atoms with Gasteiger partial charge >= 0.3 is 0 Å². The third kappa shape index (κ3) is 3.53. The van der Waals surface area contributed by atoms with Crippen LogP contribution in [0.1, 0.15) is 21.7 Å². The van der Waals surface area contributed by atoms with Gasteiger partial charge in [-0.25, -0.2) is 0 Å². The molecule has 0 bridgehead atoms. The monoisotopic (exact) mass is 366 g/mol. The summed E-state index contributed by atoms with van der Waals surface area (Å²) in [5.74, 6) is 0.0216. The minimum Gasteiger partial charge on any atom is -0.336 e. The molecule has 0 saturated carbocycles. The Balaban J connectivity index is 2.14. The van der Waals surface area contributed by atoms with Crippen molar-refractivity contribution in [1.29, 1.82) is 0 Å². The van der Waals surface area contributed by atoms with Crippen LogP contribution in [0.15, 0.2) is 42.5 Å². The first-order valence-electron chi connectivity index (χ1n) is 6.00. The number of hydrogen-bond acceptors (Lipinski definition) is 2. The molecule has 98 valence electrons. The lowest BCUT2D eigenvalue weighted by atomic mass is 10.2. The Morgan fingerprint density at radius 3 is 2.63 bits per heavy atom. The lowest BCUT2D eigenvalue weighted by molar-refractivity contribution is 0.0782. The molecule has 0 saturated heterocycles. The van der Waals surface area contributed by atoms with Crippen molar-refractivity contribution in [2.45, 2.75) is 13.5 Å². The maximum atomic E-state index is 12.3. The van der Waals surface area contributed by atoms with Gasteiger partial charge < -0.3 is 4.90 Å². The van der Waals surface area contributed by atoms with Crippen molar-refractivity contribution < 1.29 is 4.79 Å². The summed E-state index contributed by atoms with van der Waals surface area (Å²) in [6, 6.07) is 13.5. The number of aromatic nitrogens is 1. The van der Waals surface area contributed by atoms with Crippen LogP contribution in [0.5, 0.6) is 0 Å². The van der Waals surface area contributed by atoms with Crippen LogP contribution < -0.4 is 0 Å². The molecule has 19 heavy (non-hydrogen) atoms. The standard InChI is InChI=1S/C15H15IN2O/c1-11-6-5-7-12(17-11)10-18(2)15(19)13-8-3-4-9-14(13)16/h3-9H,10H2,1-2H3. The number of carbonyl (C=O) groups excluding carboxylic acids is 1. The van der Waals surface area contributed by atoms with Crippen LogP contribution in [-0.4, -0.2) is 22.8 Å². The van der Waals surface area contributed by atoms with Gasteiger partial charge in [-0.15, -0.1) is 0 Å². The fourth-order valence-electron chi connectivity index (χ4n) is 1.84. The Labute approximate surface area is 126 Å². The first-order chi connectivity index (χ1) is 9.08. The molecule has 0 spiro atoms. The van der Waals surface area contributed by atoms with Crippen LogP contribution in [0.4, 0.5) is 0 Å². The quantitative estimate of drug-likeness (QED) is 0.782. The zero-order valence-corrected chi connectivity index (χ0v) is 13.1. The second kappa shape index (κ2) is 6.14. The number of amides is 1. The van der Waals surface area contributed by atoms with Crippen molar-refractivity contribution in [3.63, 3.8) is 0 Å². The van der Waals surface area contributed by atoms with E-state index in [0.717, 1.165) is 20.5 Å². The number of benzene rings is 1. The summed E-state index contributed by atoms with van der Waals surface area (Å²) in [6.07, 6.45) is 0. The smallest absolute Gasteiger partial charge is 0.255 e. The summed E-state index contributed by atoms with van der Waals surface area (Å²) in [6.45, 7) is 2.47. The number of halogens is 1. The van der Waals surface area contributed by atoms with Gasteiger partial charge in [-0.3, -0.25) is 9.78 Å². The number of aryl methyl sites for hydroxylation is 1. The van der Waals surface area contributed by atoms with Crippen LogP contribution >= 0.6 is 22.6 Å². The van der Waals surface area contributed by atoms with E-state index in [1.165, 1.54) is 0 Å². The van der Waals surface area contributed by atoms with Crippen molar-refractivity contribution >= 4 is 28.5 Å². The molecule has 1 amide bonds. The summed E-state index contributed by atoms with van der Waals surface area (Å²) >= 11 is 2.18. The van der Waals surface area contributed by atoms with Gasteiger partial charge in [0.1, 0.15) is 0 Å². The third-order valence-electron chi connectivity index (χ3n) is 2.80. The van der Waals surface area contributed by atoms with E-state index in [1.54, 1.807) is 11.9 Å². The molecule has 0 aliphatic carbocycles. The van der Waals surface area contributed by atoms with E-state index in [0.29, 0.717) is 6.54 Å². The second-order valence-electron chi connectivity index (χ2n) is 4.41. The number of nitrogens with zero attached hydrogens (tertiary/aromatic N) is 2. The predicted octanol–water partition coefficient (Wildman–Crippen LogP) is 3.27. The second-order valence-corrected chi connectivity index (χ2v) is 5.57. The summed E-state index contributed by atoms with van der Waals surface area (Å²) in [5, 5.41) is 0. The van der Waals surface area contributed by atoms with Crippen LogP contribution in [-0.2, 0) is 6.54 Å². The van der Waals surface area contributed by atoms with E-state index >= 15 is 0 Å². The molecule has 2 rings (SSSR count). The molecule has 2 aromatic rings. The minimum atomic E-state index is 0.0216.